The number of anilines is 2. The van der Waals surface area contributed by atoms with Crippen molar-refractivity contribution in [2.24, 2.45) is 11.7 Å². The molecule has 138 valence electrons. The van der Waals surface area contributed by atoms with Gasteiger partial charge in [-0.1, -0.05) is 6.07 Å². The normalized spacial score (nSPS) is 19.9. The average molecular weight is 357 g/mol. The minimum absolute atomic E-state index is 0.110. The summed E-state index contributed by atoms with van der Waals surface area (Å²) in [6.45, 7) is 0.461. The van der Waals surface area contributed by atoms with Gasteiger partial charge in [-0.15, -0.1) is 0 Å². The molecule has 5 N–H and O–H groups in total. The summed E-state index contributed by atoms with van der Waals surface area (Å²) in [7, 11) is 0. The lowest BCUT2D eigenvalue weighted by Gasteiger charge is -2.25. The minimum Gasteiger partial charge on any atom is -0.378 e. The van der Waals surface area contributed by atoms with Gasteiger partial charge >= 0.3 is 5.69 Å². The first-order valence-corrected chi connectivity index (χ1v) is 8.72. The van der Waals surface area contributed by atoms with Gasteiger partial charge in [0.25, 0.3) is 0 Å². The van der Waals surface area contributed by atoms with Gasteiger partial charge in [0.05, 0.1) is 4.92 Å². The van der Waals surface area contributed by atoms with Gasteiger partial charge in [-0.2, -0.15) is 4.98 Å². The van der Waals surface area contributed by atoms with E-state index in [0.29, 0.717) is 30.5 Å². The summed E-state index contributed by atoms with van der Waals surface area (Å²) in [5.74, 6) is 0.509. The van der Waals surface area contributed by atoms with Crippen LogP contribution >= 0.6 is 0 Å². The van der Waals surface area contributed by atoms with Crippen LogP contribution in [0.3, 0.4) is 0 Å². The molecule has 2 heterocycles. The van der Waals surface area contributed by atoms with Gasteiger partial charge in [-0.05, 0) is 49.7 Å². The van der Waals surface area contributed by atoms with Crippen LogP contribution in [0.25, 0.3) is 0 Å². The molecule has 3 rings (SSSR count). The van der Waals surface area contributed by atoms with Crippen molar-refractivity contribution in [3.8, 4) is 0 Å². The molecule has 1 fully saturated rings. The number of nitrogen functional groups attached to an aromatic ring is 1. The maximum Gasteiger partial charge on any atom is 0.332 e. The second-order valence-corrected chi connectivity index (χ2v) is 6.68. The molecule has 2 aromatic rings. The first kappa shape index (κ1) is 18.0. The zero-order chi connectivity index (χ0) is 18.5. The molecule has 0 aliphatic heterocycles. The highest BCUT2D eigenvalue weighted by Crippen LogP contribution is 2.31. The fourth-order valence-corrected chi connectivity index (χ4v) is 3.29. The number of aromatic nitrogens is 3. The van der Waals surface area contributed by atoms with E-state index in [4.69, 9.17) is 11.5 Å². The Kier molecular flexibility index (Phi) is 5.57. The zero-order valence-corrected chi connectivity index (χ0v) is 14.5. The van der Waals surface area contributed by atoms with Crippen molar-refractivity contribution in [3.05, 3.63) is 45.9 Å². The fraction of sp³-hybridized carbons (Fsp3) is 0.471. The van der Waals surface area contributed by atoms with Crippen LogP contribution < -0.4 is 16.8 Å². The fourth-order valence-electron chi connectivity index (χ4n) is 3.29. The Morgan fingerprint density at radius 1 is 1.27 bits per heavy atom. The Morgan fingerprint density at radius 3 is 2.69 bits per heavy atom. The molecule has 0 bridgehead atoms. The summed E-state index contributed by atoms with van der Waals surface area (Å²) in [6, 6.07) is 3.98. The number of nitrogens with zero attached hydrogens (tertiary/aromatic N) is 4. The van der Waals surface area contributed by atoms with E-state index in [1.807, 2.05) is 12.1 Å². The number of rotatable bonds is 6. The zero-order valence-electron chi connectivity index (χ0n) is 14.5. The SMILES string of the molecule is Nc1nc(NCc2cccnc2)nc(C[C@H]2CC[C@H](N)CC2)c1[N+](=O)[O-]. The summed E-state index contributed by atoms with van der Waals surface area (Å²) in [6.07, 6.45) is 7.70. The van der Waals surface area contributed by atoms with E-state index in [-0.39, 0.29) is 17.5 Å². The molecule has 0 unspecified atom stereocenters. The van der Waals surface area contributed by atoms with Gasteiger partial charge in [-0.25, -0.2) is 4.98 Å². The van der Waals surface area contributed by atoms with Crippen molar-refractivity contribution < 1.29 is 4.92 Å². The topological polar surface area (TPSA) is 146 Å². The summed E-state index contributed by atoms with van der Waals surface area (Å²) in [5, 5.41) is 14.5. The molecule has 2 aromatic heterocycles. The summed E-state index contributed by atoms with van der Waals surface area (Å²) in [4.78, 5) is 23.4. The number of hydrogen-bond donors (Lipinski definition) is 3. The lowest BCUT2D eigenvalue weighted by molar-refractivity contribution is -0.385. The van der Waals surface area contributed by atoms with Crippen LogP contribution in [-0.2, 0) is 13.0 Å². The van der Waals surface area contributed by atoms with E-state index in [0.717, 1.165) is 31.2 Å². The molecular weight excluding hydrogens is 334 g/mol. The molecule has 1 saturated carbocycles. The summed E-state index contributed by atoms with van der Waals surface area (Å²) >= 11 is 0. The highest BCUT2D eigenvalue weighted by Gasteiger charge is 2.27. The minimum atomic E-state index is -0.496. The third-order valence-corrected chi connectivity index (χ3v) is 4.71. The predicted octanol–water partition coefficient (Wildman–Crippen LogP) is 2.03. The molecule has 0 aromatic carbocycles. The van der Waals surface area contributed by atoms with E-state index in [9.17, 15) is 10.1 Å². The van der Waals surface area contributed by atoms with Crippen molar-refractivity contribution >= 4 is 17.5 Å². The van der Waals surface area contributed by atoms with Crippen molar-refractivity contribution in [2.75, 3.05) is 11.1 Å². The standard InChI is InChI=1S/C17H23N7O2/c18-13-5-3-11(4-6-13)8-14-15(24(25)26)16(19)23-17(22-14)21-10-12-2-1-7-20-9-12/h1-2,7,9,11,13H,3-6,8,10,18H2,(H3,19,21,22,23)/t11-,13-. The number of hydrogen-bond acceptors (Lipinski definition) is 8. The highest BCUT2D eigenvalue weighted by molar-refractivity contribution is 5.58. The van der Waals surface area contributed by atoms with Gasteiger partial charge in [0.15, 0.2) is 0 Å². The van der Waals surface area contributed by atoms with Crippen molar-refractivity contribution in [3.63, 3.8) is 0 Å². The first-order chi connectivity index (χ1) is 12.5. The molecule has 0 saturated heterocycles. The van der Waals surface area contributed by atoms with E-state index in [2.05, 4.69) is 20.3 Å². The van der Waals surface area contributed by atoms with Crippen LogP contribution in [0.4, 0.5) is 17.5 Å². The van der Waals surface area contributed by atoms with Crippen LogP contribution in [0.2, 0.25) is 0 Å². The Hall–Kier alpha value is -2.81. The van der Waals surface area contributed by atoms with Gasteiger partial charge in [-0.3, -0.25) is 15.1 Å². The number of nitrogens with two attached hydrogens (primary N) is 2. The number of pyridine rings is 1. The van der Waals surface area contributed by atoms with Crippen LogP contribution in [0.15, 0.2) is 24.5 Å². The Morgan fingerprint density at radius 2 is 2.04 bits per heavy atom. The second-order valence-electron chi connectivity index (χ2n) is 6.68. The largest absolute Gasteiger partial charge is 0.378 e. The van der Waals surface area contributed by atoms with Crippen molar-refractivity contribution in [1.29, 1.82) is 0 Å². The predicted molar refractivity (Wildman–Crippen MR) is 98.3 cm³/mol. The van der Waals surface area contributed by atoms with E-state index >= 15 is 0 Å². The van der Waals surface area contributed by atoms with Gasteiger partial charge in [0.2, 0.25) is 11.8 Å². The molecule has 0 atom stereocenters. The van der Waals surface area contributed by atoms with E-state index < -0.39 is 4.92 Å². The number of nitro groups is 1. The molecule has 26 heavy (non-hydrogen) atoms. The molecule has 1 aliphatic carbocycles. The second kappa shape index (κ2) is 8.05. The van der Waals surface area contributed by atoms with Crippen molar-refractivity contribution in [1.82, 2.24) is 15.0 Å². The number of nitrogens with one attached hydrogen (secondary N) is 1. The first-order valence-electron chi connectivity index (χ1n) is 8.72. The molecule has 9 nitrogen and oxygen atoms in total. The molecular formula is C17H23N7O2. The Labute approximate surface area is 151 Å². The third kappa shape index (κ3) is 4.42. The third-order valence-electron chi connectivity index (χ3n) is 4.71. The van der Waals surface area contributed by atoms with Crippen LogP contribution in [0.5, 0.6) is 0 Å². The van der Waals surface area contributed by atoms with Crippen molar-refractivity contribution in [2.45, 2.75) is 44.7 Å². The van der Waals surface area contributed by atoms with E-state index in [1.165, 1.54) is 0 Å². The quantitative estimate of drug-likeness (QED) is 0.526. The molecule has 9 heteroatoms. The van der Waals surface area contributed by atoms with Gasteiger partial charge in [0, 0.05) is 25.0 Å². The molecule has 0 radical (unpaired) electrons. The lowest BCUT2D eigenvalue weighted by atomic mass is 9.83. The van der Waals surface area contributed by atoms with E-state index in [1.54, 1.807) is 12.4 Å². The lowest BCUT2D eigenvalue weighted by Crippen LogP contribution is -2.27. The molecule has 1 aliphatic rings. The van der Waals surface area contributed by atoms with Crippen LogP contribution in [0, 0.1) is 16.0 Å². The highest BCUT2D eigenvalue weighted by atomic mass is 16.6. The smallest absolute Gasteiger partial charge is 0.332 e. The molecule has 0 amide bonds. The van der Waals surface area contributed by atoms with Gasteiger partial charge in [0.1, 0.15) is 5.69 Å². The maximum atomic E-state index is 11.4. The summed E-state index contributed by atoms with van der Waals surface area (Å²) in [5.41, 5.74) is 12.9. The maximum absolute atomic E-state index is 11.4. The monoisotopic (exact) mass is 357 g/mol. The van der Waals surface area contributed by atoms with Crippen LogP contribution in [0.1, 0.15) is 36.9 Å². The van der Waals surface area contributed by atoms with Gasteiger partial charge < -0.3 is 16.8 Å². The Balaban J connectivity index is 1.78. The summed E-state index contributed by atoms with van der Waals surface area (Å²) < 4.78 is 0. The van der Waals surface area contributed by atoms with Crippen LogP contribution in [-0.4, -0.2) is 25.9 Å². The average Bonchev–Trinajstić information content (AvgIpc) is 2.62. The molecule has 0 spiro atoms. The Bertz CT molecular complexity index is 761.